The van der Waals surface area contributed by atoms with Gasteiger partial charge in [-0.15, -0.1) is 0 Å². The molecule has 1 fully saturated rings. The van der Waals surface area contributed by atoms with Crippen LogP contribution in [-0.4, -0.2) is 19.1 Å². The van der Waals surface area contributed by atoms with Crippen molar-refractivity contribution in [2.24, 2.45) is 5.73 Å². The minimum absolute atomic E-state index is 0.171. The number of hydrogen-bond acceptors (Lipinski definition) is 2. The van der Waals surface area contributed by atoms with Gasteiger partial charge in [0.05, 0.1) is 11.3 Å². The highest BCUT2D eigenvalue weighted by molar-refractivity contribution is 5.51. The van der Waals surface area contributed by atoms with Crippen LogP contribution in [0.2, 0.25) is 0 Å². The molecule has 0 aliphatic carbocycles. The molecule has 2 N–H and O–H groups in total. The van der Waals surface area contributed by atoms with Gasteiger partial charge in [-0.25, -0.2) is 4.39 Å². The third-order valence-electron chi connectivity index (χ3n) is 3.70. The van der Waals surface area contributed by atoms with E-state index in [2.05, 4.69) is 0 Å². The van der Waals surface area contributed by atoms with Gasteiger partial charge >= 0.3 is 6.18 Å². The molecule has 0 spiro atoms. The number of nitrogens with two attached hydrogens (primary N) is 1. The monoisotopic (exact) mass is 290 g/mol. The quantitative estimate of drug-likeness (QED) is 0.859. The standard InChI is InChI=1S/C14H18F4N2/c15-12-9-10(14(16,17)18)5-6-13(12)20-8-2-4-11(20)3-1-7-19/h5-6,9,11H,1-4,7-8,19H2. The van der Waals surface area contributed by atoms with Crippen LogP contribution in [0.1, 0.15) is 31.2 Å². The zero-order chi connectivity index (χ0) is 14.8. The van der Waals surface area contributed by atoms with E-state index in [0.717, 1.165) is 31.7 Å². The van der Waals surface area contributed by atoms with Crippen molar-refractivity contribution in [3.63, 3.8) is 0 Å². The van der Waals surface area contributed by atoms with Crippen molar-refractivity contribution in [1.82, 2.24) is 0 Å². The second kappa shape index (κ2) is 5.99. The van der Waals surface area contributed by atoms with E-state index in [1.54, 1.807) is 0 Å². The van der Waals surface area contributed by atoms with Crippen molar-refractivity contribution in [2.75, 3.05) is 18.0 Å². The summed E-state index contributed by atoms with van der Waals surface area (Å²) in [4.78, 5) is 1.87. The summed E-state index contributed by atoms with van der Waals surface area (Å²) in [7, 11) is 0. The maximum absolute atomic E-state index is 14.0. The van der Waals surface area contributed by atoms with Gasteiger partial charge in [-0.05, 0) is 50.4 Å². The number of hydrogen-bond donors (Lipinski definition) is 1. The van der Waals surface area contributed by atoms with Crippen molar-refractivity contribution in [1.29, 1.82) is 0 Å². The van der Waals surface area contributed by atoms with Gasteiger partial charge in [-0.3, -0.25) is 0 Å². The zero-order valence-electron chi connectivity index (χ0n) is 11.1. The lowest BCUT2D eigenvalue weighted by atomic mass is 10.1. The van der Waals surface area contributed by atoms with Crippen LogP contribution in [-0.2, 0) is 6.18 Å². The maximum atomic E-state index is 14.0. The Morgan fingerprint density at radius 3 is 2.65 bits per heavy atom. The van der Waals surface area contributed by atoms with Crippen LogP contribution in [0.4, 0.5) is 23.2 Å². The number of rotatable bonds is 4. The van der Waals surface area contributed by atoms with Crippen molar-refractivity contribution >= 4 is 5.69 Å². The van der Waals surface area contributed by atoms with Crippen molar-refractivity contribution in [3.05, 3.63) is 29.6 Å². The predicted molar refractivity (Wildman–Crippen MR) is 70.1 cm³/mol. The number of anilines is 1. The number of alkyl halides is 3. The molecule has 1 unspecified atom stereocenters. The van der Waals surface area contributed by atoms with Gasteiger partial charge < -0.3 is 10.6 Å². The third kappa shape index (κ3) is 3.23. The molecule has 1 heterocycles. The predicted octanol–water partition coefficient (Wildman–Crippen LogP) is 3.55. The van der Waals surface area contributed by atoms with Crippen LogP contribution < -0.4 is 10.6 Å². The van der Waals surface area contributed by atoms with E-state index in [1.165, 1.54) is 6.07 Å². The van der Waals surface area contributed by atoms with Gasteiger partial charge in [0, 0.05) is 12.6 Å². The molecule has 20 heavy (non-hydrogen) atoms. The molecule has 1 aliphatic heterocycles. The zero-order valence-corrected chi connectivity index (χ0v) is 11.1. The second-order valence-corrected chi connectivity index (χ2v) is 5.08. The van der Waals surface area contributed by atoms with Gasteiger partial charge in [0.1, 0.15) is 5.82 Å². The molecule has 112 valence electrons. The molecule has 1 aromatic rings. The molecule has 0 saturated carbocycles. The molecule has 1 aromatic carbocycles. The molecule has 2 nitrogen and oxygen atoms in total. The summed E-state index contributed by atoms with van der Waals surface area (Å²) in [5, 5.41) is 0. The van der Waals surface area contributed by atoms with E-state index in [1.807, 2.05) is 4.90 Å². The third-order valence-corrected chi connectivity index (χ3v) is 3.70. The highest BCUT2D eigenvalue weighted by Crippen LogP contribution is 2.35. The Morgan fingerprint density at radius 1 is 1.30 bits per heavy atom. The normalized spacial score (nSPS) is 19.6. The van der Waals surface area contributed by atoms with Gasteiger partial charge in [0.25, 0.3) is 0 Å². The first-order valence-electron chi connectivity index (χ1n) is 6.77. The molecule has 2 rings (SSSR count). The lowest BCUT2D eigenvalue weighted by Gasteiger charge is -2.27. The molecule has 0 bridgehead atoms. The minimum Gasteiger partial charge on any atom is -0.366 e. The number of nitrogens with zero attached hydrogens (tertiary/aromatic N) is 1. The smallest absolute Gasteiger partial charge is 0.366 e. The number of benzene rings is 1. The Kier molecular flexibility index (Phi) is 4.52. The average molecular weight is 290 g/mol. The van der Waals surface area contributed by atoms with E-state index >= 15 is 0 Å². The largest absolute Gasteiger partial charge is 0.416 e. The Morgan fingerprint density at radius 2 is 2.05 bits per heavy atom. The lowest BCUT2D eigenvalue weighted by molar-refractivity contribution is -0.137. The van der Waals surface area contributed by atoms with E-state index in [0.29, 0.717) is 19.2 Å². The molecular formula is C14H18F4N2. The molecule has 1 atom stereocenters. The second-order valence-electron chi connectivity index (χ2n) is 5.08. The van der Waals surface area contributed by atoms with Crippen molar-refractivity contribution < 1.29 is 17.6 Å². The first kappa shape index (κ1) is 15.1. The Bertz CT molecular complexity index is 459. The van der Waals surface area contributed by atoms with Crippen LogP contribution in [0.5, 0.6) is 0 Å². The topological polar surface area (TPSA) is 29.3 Å². The van der Waals surface area contributed by atoms with Gasteiger partial charge in [0.2, 0.25) is 0 Å². The van der Waals surface area contributed by atoms with Crippen molar-refractivity contribution in [2.45, 2.75) is 37.9 Å². The summed E-state index contributed by atoms with van der Waals surface area (Å²) in [6.45, 7) is 1.25. The first-order chi connectivity index (χ1) is 9.43. The molecule has 1 aliphatic rings. The van der Waals surface area contributed by atoms with Crippen LogP contribution in [0.25, 0.3) is 0 Å². The summed E-state index contributed by atoms with van der Waals surface area (Å²) in [5.74, 6) is -0.806. The fourth-order valence-electron chi connectivity index (χ4n) is 2.72. The molecular weight excluding hydrogens is 272 g/mol. The van der Waals surface area contributed by atoms with E-state index in [-0.39, 0.29) is 11.7 Å². The van der Waals surface area contributed by atoms with Crippen LogP contribution in [0.15, 0.2) is 18.2 Å². The van der Waals surface area contributed by atoms with E-state index in [4.69, 9.17) is 5.73 Å². The summed E-state index contributed by atoms with van der Waals surface area (Å²) in [6, 6.07) is 2.92. The molecule has 1 saturated heterocycles. The highest BCUT2D eigenvalue weighted by Gasteiger charge is 2.32. The Labute approximate surface area is 115 Å². The summed E-state index contributed by atoms with van der Waals surface area (Å²) in [5.41, 5.74) is 4.78. The van der Waals surface area contributed by atoms with Gasteiger partial charge in [-0.2, -0.15) is 13.2 Å². The van der Waals surface area contributed by atoms with E-state index < -0.39 is 17.6 Å². The summed E-state index contributed by atoms with van der Waals surface area (Å²) < 4.78 is 51.5. The van der Waals surface area contributed by atoms with Gasteiger partial charge in [0.15, 0.2) is 0 Å². The summed E-state index contributed by atoms with van der Waals surface area (Å²) >= 11 is 0. The average Bonchev–Trinajstić information content (AvgIpc) is 2.83. The molecule has 0 radical (unpaired) electrons. The fraction of sp³-hybridized carbons (Fsp3) is 0.571. The summed E-state index contributed by atoms with van der Waals surface area (Å²) in [6.07, 6.45) is -0.972. The molecule has 6 heteroatoms. The Balaban J connectivity index is 2.20. The minimum atomic E-state index is -4.51. The molecule has 0 amide bonds. The van der Waals surface area contributed by atoms with E-state index in [9.17, 15) is 17.6 Å². The highest BCUT2D eigenvalue weighted by atomic mass is 19.4. The number of halogens is 4. The fourth-order valence-corrected chi connectivity index (χ4v) is 2.72. The molecule has 0 aromatic heterocycles. The maximum Gasteiger partial charge on any atom is 0.416 e. The van der Waals surface area contributed by atoms with Crippen LogP contribution >= 0.6 is 0 Å². The van der Waals surface area contributed by atoms with Crippen LogP contribution in [0.3, 0.4) is 0 Å². The van der Waals surface area contributed by atoms with Gasteiger partial charge in [-0.1, -0.05) is 0 Å². The van der Waals surface area contributed by atoms with Crippen molar-refractivity contribution in [3.8, 4) is 0 Å². The lowest BCUT2D eigenvalue weighted by Crippen LogP contribution is -2.30. The first-order valence-corrected chi connectivity index (χ1v) is 6.77. The van der Waals surface area contributed by atoms with Crippen LogP contribution in [0, 0.1) is 5.82 Å². The SMILES string of the molecule is NCCCC1CCCN1c1ccc(C(F)(F)F)cc1F. The Hall–Kier alpha value is -1.30.